The van der Waals surface area contributed by atoms with E-state index in [-0.39, 0.29) is 25.1 Å². The summed E-state index contributed by atoms with van der Waals surface area (Å²) in [5, 5.41) is 10.6. The van der Waals surface area contributed by atoms with E-state index in [1.54, 1.807) is 4.90 Å². The van der Waals surface area contributed by atoms with Crippen LogP contribution in [0.2, 0.25) is 0 Å². The number of ether oxygens (including phenoxy) is 2. The first-order chi connectivity index (χ1) is 11.6. The number of benzene rings is 1. The summed E-state index contributed by atoms with van der Waals surface area (Å²) in [6.45, 7) is 0.810. The highest BCUT2D eigenvalue weighted by Crippen LogP contribution is 2.24. The Morgan fingerprint density at radius 1 is 1.29 bits per heavy atom. The molecular formula is C17H19N3O4. The van der Waals surface area contributed by atoms with Crippen LogP contribution in [-0.4, -0.2) is 58.3 Å². The summed E-state index contributed by atoms with van der Waals surface area (Å²) in [6.07, 6.45) is 3.31. The lowest BCUT2D eigenvalue weighted by Crippen LogP contribution is -2.40. The molecule has 7 nitrogen and oxygen atoms in total. The summed E-state index contributed by atoms with van der Waals surface area (Å²) < 4.78 is 10.5. The van der Waals surface area contributed by atoms with Gasteiger partial charge < -0.3 is 19.5 Å². The molecule has 3 rings (SSSR count). The zero-order valence-electron chi connectivity index (χ0n) is 13.4. The van der Waals surface area contributed by atoms with Crippen molar-refractivity contribution in [2.75, 3.05) is 26.8 Å². The van der Waals surface area contributed by atoms with Crippen molar-refractivity contribution in [3.05, 3.63) is 48.3 Å². The molecule has 1 atom stereocenters. The summed E-state index contributed by atoms with van der Waals surface area (Å²) in [4.78, 5) is 21.9. The summed E-state index contributed by atoms with van der Waals surface area (Å²) in [7, 11) is 1.46. The highest BCUT2D eigenvalue weighted by Gasteiger charge is 2.39. The largest absolute Gasteiger partial charge is 0.491 e. The Hall–Kier alpha value is -2.67. The van der Waals surface area contributed by atoms with Crippen LogP contribution in [0.3, 0.4) is 0 Å². The predicted molar refractivity (Wildman–Crippen MR) is 86.0 cm³/mol. The molecule has 0 spiro atoms. The summed E-state index contributed by atoms with van der Waals surface area (Å²) in [5.41, 5.74) is -0.692. The van der Waals surface area contributed by atoms with Gasteiger partial charge in [-0.05, 0) is 18.6 Å². The molecule has 1 aliphatic rings. The molecule has 126 valence electrons. The normalized spacial score (nSPS) is 20.0. The number of amides is 1. The molecule has 0 radical (unpaired) electrons. The van der Waals surface area contributed by atoms with Gasteiger partial charge in [-0.25, -0.2) is 9.97 Å². The molecule has 24 heavy (non-hydrogen) atoms. The topological polar surface area (TPSA) is 84.8 Å². The third-order valence-electron chi connectivity index (χ3n) is 3.93. The minimum absolute atomic E-state index is 0.139. The summed E-state index contributed by atoms with van der Waals surface area (Å²) in [6, 6.07) is 9.50. The van der Waals surface area contributed by atoms with Crippen molar-refractivity contribution in [3.8, 4) is 11.8 Å². The molecule has 1 amide bonds. The first-order valence-corrected chi connectivity index (χ1v) is 7.65. The molecule has 0 bridgehead atoms. The number of carbonyl (C=O) groups excluding carboxylic acids is 1. The van der Waals surface area contributed by atoms with Gasteiger partial charge in [0.2, 0.25) is 0 Å². The van der Waals surface area contributed by atoms with Crippen molar-refractivity contribution in [3.63, 3.8) is 0 Å². The van der Waals surface area contributed by atoms with Crippen LogP contribution in [0.5, 0.6) is 11.8 Å². The molecule has 2 aromatic rings. The first kappa shape index (κ1) is 16.2. The minimum Gasteiger partial charge on any atom is -0.491 e. The van der Waals surface area contributed by atoms with Crippen LogP contribution in [-0.2, 0) is 0 Å². The molecule has 0 unspecified atom stereocenters. The highest BCUT2D eigenvalue weighted by atomic mass is 16.5. The second-order valence-corrected chi connectivity index (χ2v) is 5.76. The molecule has 1 aromatic carbocycles. The average Bonchev–Trinajstić information content (AvgIpc) is 3.03. The van der Waals surface area contributed by atoms with Gasteiger partial charge in [0.05, 0.1) is 19.2 Å². The van der Waals surface area contributed by atoms with Crippen molar-refractivity contribution in [1.82, 2.24) is 14.9 Å². The number of methoxy groups -OCH3 is 1. The standard InChI is InChI=1S/C17H19N3O4/c1-23-16-18-9-13(10-19-16)15(21)20-8-7-17(22,11-20)12-24-14-5-3-2-4-6-14/h2-6,9-10,22H,7-8,11-12H2,1H3/t17-/m0/s1. The van der Waals surface area contributed by atoms with Gasteiger partial charge in [0.15, 0.2) is 0 Å². The lowest BCUT2D eigenvalue weighted by Gasteiger charge is -2.23. The highest BCUT2D eigenvalue weighted by molar-refractivity contribution is 5.93. The summed E-state index contributed by atoms with van der Waals surface area (Å²) in [5.74, 6) is 0.479. The van der Waals surface area contributed by atoms with E-state index in [4.69, 9.17) is 9.47 Å². The Balaban J connectivity index is 1.60. The SMILES string of the molecule is COc1ncc(C(=O)N2CC[C@@](O)(COc3ccccc3)C2)cn1. The quantitative estimate of drug-likeness (QED) is 0.885. The smallest absolute Gasteiger partial charge is 0.316 e. The van der Waals surface area contributed by atoms with Crippen LogP contribution in [0.25, 0.3) is 0 Å². The molecule has 1 saturated heterocycles. The number of hydrogen-bond acceptors (Lipinski definition) is 6. The number of aromatic nitrogens is 2. The van der Waals surface area contributed by atoms with Crippen molar-refractivity contribution < 1.29 is 19.4 Å². The van der Waals surface area contributed by atoms with E-state index < -0.39 is 5.60 Å². The van der Waals surface area contributed by atoms with E-state index in [2.05, 4.69) is 9.97 Å². The van der Waals surface area contributed by atoms with Gasteiger partial charge in [-0.15, -0.1) is 0 Å². The number of aliphatic hydroxyl groups is 1. The van der Waals surface area contributed by atoms with Gasteiger partial charge in [-0.3, -0.25) is 4.79 Å². The Morgan fingerprint density at radius 2 is 2.00 bits per heavy atom. The fraction of sp³-hybridized carbons (Fsp3) is 0.353. The van der Waals surface area contributed by atoms with E-state index in [1.807, 2.05) is 30.3 Å². The van der Waals surface area contributed by atoms with E-state index in [0.29, 0.717) is 24.3 Å². The number of hydrogen-bond donors (Lipinski definition) is 1. The van der Waals surface area contributed by atoms with Gasteiger partial charge >= 0.3 is 6.01 Å². The number of rotatable bonds is 5. The fourth-order valence-corrected chi connectivity index (χ4v) is 2.60. The Bertz CT molecular complexity index is 693. The maximum Gasteiger partial charge on any atom is 0.316 e. The van der Waals surface area contributed by atoms with Crippen LogP contribution in [0.15, 0.2) is 42.7 Å². The minimum atomic E-state index is -1.06. The fourth-order valence-electron chi connectivity index (χ4n) is 2.60. The molecule has 2 heterocycles. The molecule has 1 fully saturated rings. The third kappa shape index (κ3) is 3.62. The molecule has 0 saturated carbocycles. The van der Waals surface area contributed by atoms with Crippen molar-refractivity contribution >= 4 is 5.91 Å². The molecule has 7 heteroatoms. The van der Waals surface area contributed by atoms with Crippen LogP contribution in [0.1, 0.15) is 16.8 Å². The lowest BCUT2D eigenvalue weighted by atomic mass is 10.1. The second kappa shape index (κ2) is 6.84. The maximum absolute atomic E-state index is 12.5. The zero-order chi connectivity index (χ0) is 17.0. The van der Waals surface area contributed by atoms with Crippen molar-refractivity contribution in [2.24, 2.45) is 0 Å². The van der Waals surface area contributed by atoms with Gasteiger partial charge in [0.25, 0.3) is 5.91 Å². The molecule has 1 aliphatic heterocycles. The second-order valence-electron chi connectivity index (χ2n) is 5.76. The number of β-amino-alcohol motifs (C(OH)–C–C–N with tert-alkyl or cyclic N) is 1. The Kier molecular flexibility index (Phi) is 4.61. The van der Waals surface area contributed by atoms with Crippen molar-refractivity contribution in [1.29, 1.82) is 0 Å². The Morgan fingerprint density at radius 3 is 2.67 bits per heavy atom. The number of nitrogens with zero attached hydrogens (tertiary/aromatic N) is 3. The molecule has 1 N–H and O–H groups in total. The number of carbonyl (C=O) groups is 1. The maximum atomic E-state index is 12.5. The van der Waals surface area contributed by atoms with E-state index in [9.17, 15) is 9.90 Å². The van der Waals surface area contributed by atoms with Crippen LogP contribution in [0.4, 0.5) is 0 Å². The van der Waals surface area contributed by atoms with Gasteiger partial charge in [0, 0.05) is 18.9 Å². The van der Waals surface area contributed by atoms with Gasteiger partial charge in [0.1, 0.15) is 18.0 Å². The van der Waals surface area contributed by atoms with E-state index in [0.717, 1.165) is 0 Å². The van der Waals surface area contributed by atoms with Gasteiger partial charge in [-0.2, -0.15) is 0 Å². The lowest BCUT2D eigenvalue weighted by molar-refractivity contribution is 0.00430. The zero-order valence-corrected chi connectivity index (χ0v) is 13.4. The number of likely N-dealkylation sites (tertiary alicyclic amines) is 1. The first-order valence-electron chi connectivity index (χ1n) is 7.65. The average molecular weight is 329 g/mol. The van der Waals surface area contributed by atoms with Crippen LogP contribution in [0, 0.1) is 0 Å². The van der Waals surface area contributed by atoms with E-state index >= 15 is 0 Å². The molecule has 0 aliphatic carbocycles. The van der Waals surface area contributed by atoms with E-state index in [1.165, 1.54) is 19.5 Å². The van der Waals surface area contributed by atoms with Crippen LogP contribution < -0.4 is 9.47 Å². The summed E-state index contributed by atoms with van der Waals surface area (Å²) >= 11 is 0. The Labute approximate surface area is 139 Å². The van der Waals surface area contributed by atoms with Crippen LogP contribution >= 0.6 is 0 Å². The third-order valence-corrected chi connectivity index (χ3v) is 3.93. The van der Waals surface area contributed by atoms with Gasteiger partial charge in [-0.1, -0.05) is 18.2 Å². The number of para-hydroxylation sites is 1. The molecule has 1 aromatic heterocycles. The monoisotopic (exact) mass is 329 g/mol. The molecular weight excluding hydrogens is 310 g/mol. The van der Waals surface area contributed by atoms with Crippen molar-refractivity contribution in [2.45, 2.75) is 12.0 Å². The predicted octanol–water partition coefficient (Wildman–Crippen LogP) is 1.14.